The number of carbonyl (C=O) groups is 3. The van der Waals surface area contributed by atoms with Gasteiger partial charge in [0.1, 0.15) is 11.9 Å². The van der Waals surface area contributed by atoms with Crippen molar-refractivity contribution < 1.29 is 28.4 Å². The lowest BCUT2D eigenvalue weighted by molar-refractivity contribution is -0.119. The maximum Gasteiger partial charge on any atom is 0.339 e. The Labute approximate surface area is 187 Å². The van der Waals surface area contributed by atoms with Gasteiger partial charge in [0, 0.05) is 6.07 Å². The Morgan fingerprint density at radius 3 is 2.47 bits per heavy atom. The van der Waals surface area contributed by atoms with Gasteiger partial charge in [-0.15, -0.1) is 0 Å². The third-order valence-corrected chi connectivity index (χ3v) is 5.82. The van der Waals surface area contributed by atoms with Gasteiger partial charge in [0.05, 0.1) is 11.1 Å². The molecule has 1 aromatic heterocycles. The van der Waals surface area contributed by atoms with E-state index < -0.39 is 24.5 Å². The molecule has 172 valence electrons. The summed E-state index contributed by atoms with van der Waals surface area (Å²) in [6.07, 6.45) is 2.76. The third-order valence-electron chi connectivity index (χ3n) is 5.82. The maximum absolute atomic E-state index is 13.0. The summed E-state index contributed by atoms with van der Waals surface area (Å²) >= 11 is 0. The van der Waals surface area contributed by atoms with Crippen LogP contribution in [0.25, 0.3) is 0 Å². The van der Waals surface area contributed by atoms with Crippen LogP contribution < -0.4 is 5.32 Å². The highest BCUT2D eigenvalue weighted by atomic mass is 16.5. The second-order valence-electron chi connectivity index (χ2n) is 8.76. The van der Waals surface area contributed by atoms with E-state index in [1.165, 1.54) is 12.1 Å². The Balaban J connectivity index is 1.64. The summed E-state index contributed by atoms with van der Waals surface area (Å²) in [7, 11) is 0. The summed E-state index contributed by atoms with van der Waals surface area (Å²) in [6, 6.07) is 7.86. The summed E-state index contributed by atoms with van der Waals surface area (Å²) < 4.78 is 15.9. The highest BCUT2D eigenvalue weighted by Gasteiger charge is 2.34. The van der Waals surface area contributed by atoms with E-state index in [1.807, 2.05) is 0 Å². The summed E-state index contributed by atoms with van der Waals surface area (Å²) in [4.78, 5) is 37.6. The minimum absolute atomic E-state index is 0.0625. The van der Waals surface area contributed by atoms with Gasteiger partial charge < -0.3 is 19.3 Å². The van der Waals surface area contributed by atoms with Crippen molar-refractivity contribution in [1.29, 1.82) is 0 Å². The van der Waals surface area contributed by atoms with Gasteiger partial charge in [-0.2, -0.15) is 0 Å². The summed E-state index contributed by atoms with van der Waals surface area (Å²) in [6.45, 7) is 7.60. The first kappa shape index (κ1) is 23.5. The molecule has 0 unspecified atom stereocenters. The SMILES string of the molecule is Cc1cc(NC(=O)COC(=O)c2ccccc2C(=O)O[C@@H]2C[C@H](C)CC[C@@H]2C(C)C)no1. The van der Waals surface area contributed by atoms with Gasteiger partial charge >= 0.3 is 11.9 Å². The number of nitrogens with zero attached hydrogens (tertiary/aromatic N) is 1. The van der Waals surface area contributed by atoms with Gasteiger partial charge in [0.15, 0.2) is 12.4 Å². The van der Waals surface area contributed by atoms with E-state index in [0.29, 0.717) is 17.6 Å². The molecule has 1 saturated carbocycles. The lowest BCUT2D eigenvalue weighted by Crippen LogP contribution is -2.36. The Kier molecular flexibility index (Phi) is 7.66. The normalized spacial score (nSPS) is 20.6. The van der Waals surface area contributed by atoms with Crippen molar-refractivity contribution in [2.45, 2.75) is 53.1 Å². The van der Waals surface area contributed by atoms with Crippen LogP contribution in [0.2, 0.25) is 0 Å². The molecule has 8 nitrogen and oxygen atoms in total. The van der Waals surface area contributed by atoms with Crippen LogP contribution in [0.5, 0.6) is 0 Å². The smallest absolute Gasteiger partial charge is 0.339 e. The van der Waals surface area contributed by atoms with Crippen molar-refractivity contribution in [2.75, 3.05) is 11.9 Å². The van der Waals surface area contributed by atoms with E-state index in [1.54, 1.807) is 25.1 Å². The molecular formula is C24H30N2O6. The molecule has 3 rings (SSSR count). The van der Waals surface area contributed by atoms with Gasteiger partial charge in [-0.05, 0) is 49.7 Å². The number of aromatic nitrogens is 1. The quantitative estimate of drug-likeness (QED) is 0.633. The van der Waals surface area contributed by atoms with E-state index in [9.17, 15) is 14.4 Å². The molecule has 3 atom stereocenters. The average Bonchev–Trinajstić information content (AvgIpc) is 3.16. The van der Waals surface area contributed by atoms with Crippen molar-refractivity contribution in [3.05, 3.63) is 47.2 Å². The highest BCUT2D eigenvalue weighted by molar-refractivity contribution is 6.04. The molecule has 1 aliphatic rings. The largest absolute Gasteiger partial charge is 0.458 e. The zero-order valence-electron chi connectivity index (χ0n) is 18.9. The predicted molar refractivity (Wildman–Crippen MR) is 117 cm³/mol. The van der Waals surface area contributed by atoms with Gasteiger partial charge in [-0.3, -0.25) is 4.79 Å². The molecule has 0 saturated heterocycles. The lowest BCUT2D eigenvalue weighted by Gasteiger charge is -2.36. The van der Waals surface area contributed by atoms with E-state index >= 15 is 0 Å². The lowest BCUT2D eigenvalue weighted by atomic mass is 9.75. The number of anilines is 1. The number of hydrogen-bond acceptors (Lipinski definition) is 7. The Morgan fingerprint density at radius 2 is 1.84 bits per heavy atom. The summed E-state index contributed by atoms with van der Waals surface area (Å²) in [5.41, 5.74) is 0.193. The average molecular weight is 443 g/mol. The van der Waals surface area contributed by atoms with Crippen LogP contribution in [0.3, 0.4) is 0 Å². The van der Waals surface area contributed by atoms with Crippen molar-refractivity contribution in [2.24, 2.45) is 17.8 Å². The predicted octanol–water partition coefficient (Wildman–Crippen LogP) is 4.40. The molecule has 1 fully saturated rings. The molecule has 1 heterocycles. The molecule has 0 aliphatic heterocycles. The standard InChI is InChI=1S/C24H30N2O6/c1-14(2)17-10-9-15(3)11-20(17)31-24(29)19-8-6-5-7-18(19)23(28)30-13-22(27)25-21-12-16(4)32-26-21/h5-8,12,14-15,17,20H,9-11,13H2,1-4H3,(H,25,26,27)/t15-,17-,20-/m1/s1. The van der Waals surface area contributed by atoms with Gasteiger partial charge in [0.25, 0.3) is 5.91 Å². The molecule has 1 amide bonds. The second-order valence-corrected chi connectivity index (χ2v) is 8.76. The number of aryl methyl sites for hydroxylation is 1. The summed E-state index contributed by atoms with van der Waals surface area (Å²) in [5, 5.41) is 6.12. The van der Waals surface area contributed by atoms with E-state index in [2.05, 4.69) is 31.2 Å². The van der Waals surface area contributed by atoms with Gasteiger partial charge in [-0.1, -0.05) is 44.5 Å². The van der Waals surface area contributed by atoms with Gasteiger partial charge in [-0.25, -0.2) is 9.59 Å². The van der Waals surface area contributed by atoms with E-state index in [4.69, 9.17) is 14.0 Å². The fourth-order valence-electron chi connectivity index (χ4n) is 4.10. The van der Waals surface area contributed by atoms with Crippen molar-refractivity contribution in [3.63, 3.8) is 0 Å². The highest BCUT2D eigenvalue weighted by Crippen LogP contribution is 2.35. The van der Waals surface area contributed by atoms with Crippen molar-refractivity contribution in [1.82, 2.24) is 5.16 Å². The fraction of sp³-hybridized carbons (Fsp3) is 0.500. The van der Waals surface area contributed by atoms with Crippen LogP contribution in [-0.2, 0) is 14.3 Å². The summed E-state index contributed by atoms with van der Waals surface area (Å²) in [5.74, 6) is 0.0420. The van der Waals surface area contributed by atoms with Gasteiger partial charge in [0.2, 0.25) is 0 Å². The molecular weight excluding hydrogens is 412 g/mol. The van der Waals surface area contributed by atoms with Crippen LogP contribution >= 0.6 is 0 Å². The molecule has 8 heteroatoms. The first-order valence-electron chi connectivity index (χ1n) is 10.9. The second kappa shape index (κ2) is 10.4. The van der Waals surface area contributed by atoms with Crippen molar-refractivity contribution in [3.8, 4) is 0 Å². The topological polar surface area (TPSA) is 108 Å². The molecule has 32 heavy (non-hydrogen) atoms. The number of nitrogens with one attached hydrogen (secondary N) is 1. The van der Waals surface area contributed by atoms with Crippen LogP contribution in [0, 0.1) is 24.7 Å². The van der Waals surface area contributed by atoms with Crippen LogP contribution in [0.15, 0.2) is 34.9 Å². The van der Waals surface area contributed by atoms with Crippen LogP contribution in [0.4, 0.5) is 5.82 Å². The van der Waals surface area contributed by atoms with E-state index in [0.717, 1.165) is 19.3 Å². The molecule has 0 bridgehead atoms. The monoisotopic (exact) mass is 442 g/mol. The zero-order chi connectivity index (χ0) is 23.3. The third kappa shape index (κ3) is 5.96. The van der Waals surface area contributed by atoms with E-state index in [-0.39, 0.29) is 29.0 Å². The minimum atomic E-state index is -0.776. The molecule has 2 aromatic rings. The Hall–Kier alpha value is -3.16. The number of benzene rings is 1. The fourth-order valence-corrected chi connectivity index (χ4v) is 4.10. The number of amides is 1. The first-order valence-corrected chi connectivity index (χ1v) is 10.9. The first-order chi connectivity index (χ1) is 15.2. The number of esters is 2. The Bertz CT molecular complexity index is 967. The number of ether oxygens (including phenoxy) is 2. The minimum Gasteiger partial charge on any atom is -0.458 e. The number of rotatable bonds is 7. The maximum atomic E-state index is 13.0. The number of carbonyl (C=O) groups excluding carboxylic acids is 3. The molecule has 1 aliphatic carbocycles. The van der Waals surface area contributed by atoms with Crippen LogP contribution in [0.1, 0.15) is 66.5 Å². The molecule has 0 radical (unpaired) electrons. The number of hydrogen-bond donors (Lipinski definition) is 1. The molecule has 0 spiro atoms. The Morgan fingerprint density at radius 1 is 1.16 bits per heavy atom. The molecule has 1 aromatic carbocycles. The van der Waals surface area contributed by atoms with Crippen LogP contribution in [-0.4, -0.2) is 35.7 Å². The molecule has 1 N–H and O–H groups in total. The zero-order valence-corrected chi connectivity index (χ0v) is 18.9. The van der Waals surface area contributed by atoms with Crippen molar-refractivity contribution >= 4 is 23.7 Å².